The summed E-state index contributed by atoms with van der Waals surface area (Å²) in [6.07, 6.45) is 10.2. The van der Waals surface area contributed by atoms with Crippen LogP contribution in [0.2, 0.25) is 0 Å². The van der Waals surface area contributed by atoms with Gasteiger partial charge in [0.1, 0.15) is 0 Å². The van der Waals surface area contributed by atoms with E-state index in [1.165, 1.54) is 45.4 Å². The summed E-state index contributed by atoms with van der Waals surface area (Å²) in [5, 5.41) is 9.99. The van der Waals surface area contributed by atoms with Crippen LogP contribution in [0.3, 0.4) is 0 Å². The van der Waals surface area contributed by atoms with E-state index in [0.717, 1.165) is 19.3 Å². The van der Waals surface area contributed by atoms with Crippen LogP contribution in [0.15, 0.2) is 0 Å². The van der Waals surface area contributed by atoms with E-state index >= 15 is 0 Å². The Balaban J connectivity index is 1.61. The average Bonchev–Trinajstić information content (AvgIpc) is 2.82. The highest BCUT2D eigenvalue weighted by atomic mass is 16.5. The van der Waals surface area contributed by atoms with Crippen molar-refractivity contribution < 1.29 is 19.4 Å². The maximum Gasteiger partial charge on any atom is 0.309 e. The van der Waals surface area contributed by atoms with E-state index < -0.39 is 11.4 Å². The number of hydrogen-bond donors (Lipinski definition) is 1. The zero-order chi connectivity index (χ0) is 18.7. The van der Waals surface area contributed by atoms with Crippen molar-refractivity contribution in [3.8, 4) is 0 Å². The number of ether oxygens (including phenoxy) is 1. The lowest BCUT2D eigenvalue weighted by Crippen LogP contribution is -2.58. The molecular formula is C22H34O4. The molecule has 26 heavy (non-hydrogen) atoms. The summed E-state index contributed by atoms with van der Waals surface area (Å²) >= 11 is 0. The summed E-state index contributed by atoms with van der Waals surface area (Å²) in [7, 11) is 0. The average molecular weight is 363 g/mol. The summed E-state index contributed by atoms with van der Waals surface area (Å²) in [6.45, 7) is 6.52. The Morgan fingerprint density at radius 3 is 2.50 bits per heavy atom. The van der Waals surface area contributed by atoms with Gasteiger partial charge in [-0.3, -0.25) is 9.59 Å². The van der Waals surface area contributed by atoms with Crippen molar-refractivity contribution in [2.45, 2.75) is 78.6 Å². The number of carbonyl (C=O) groups excluding carboxylic acids is 1. The molecule has 4 aliphatic carbocycles. The van der Waals surface area contributed by atoms with Gasteiger partial charge in [0, 0.05) is 6.92 Å². The lowest BCUT2D eigenvalue weighted by Gasteiger charge is -2.63. The largest absolute Gasteiger partial charge is 0.481 e. The van der Waals surface area contributed by atoms with Crippen LogP contribution in [0.1, 0.15) is 78.6 Å². The normalized spacial score (nSPS) is 49.8. The molecule has 0 radical (unpaired) electrons. The van der Waals surface area contributed by atoms with Gasteiger partial charge in [-0.15, -0.1) is 0 Å². The molecule has 4 saturated carbocycles. The summed E-state index contributed by atoms with van der Waals surface area (Å²) in [5.41, 5.74) is -0.0259. The number of carboxylic acids is 1. The van der Waals surface area contributed by atoms with Gasteiger partial charge in [0.25, 0.3) is 0 Å². The zero-order valence-electron chi connectivity index (χ0n) is 16.6. The molecule has 0 aromatic carbocycles. The second-order valence-electron chi connectivity index (χ2n) is 10.4. The van der Waals surface area contributed by atoms with Crippen molar-refractivity contribution in [3.05, 3.63) is 0 Å². The highest BCUT2D eigenvalue weighted by Gasteiger charge is 2.65. The van der Waals surface area contributed by atoms with E-state index in [0.29, 0.717) is 35.7 Å². The fourth-order valence-corrected chi connectivity index (χ4v) is 8.26. The fourth-order valence-electron chi connectivity index (χ4n) is 8.26. The van der Waals surface area contributed by atoms with Gasteiger partial charge in [-0.25, -0.2) is 0 Å². The van der Waals surface area contributed by atoms with E-state index in [-0.39, 0.29) is 11.4 Å². The first-order chi connectivity index (χ1) is 12.2. The predicted octanol–water partition coefficient (Wildman–Crippen LogP) is 4.66. The summed E-state index contributed by atoms with van der Waals surface area (Å²) < 4.78 is 5.39. The fraction of sp³-hybridized carbons (Fsp3) is 0.909. The van der Waals surface area contributed by atoms with Crippen molar-refractivity contribution >= 4 is 11.9 Å². The maximum absolute atomic E-state index is 12.1. The molecule has 0 aromatic heterocycles. The third-order valence-corrected chi connectivity index (χ3v) is 9.26. The standard InChI is InChI=1S/C22H34O4/c1-14(23)26-13-16-12-22-10-7-17-20(2,18(22)6-5-15(16)11-22)8-4-9-21(17,3)19(24)25/h15-18H,4-13H2,1-3H3,(H,24,25). The van der Waals surface area contributed by atoms with Gasteiger partial charge in [0.05, 0.1) is 12.0 Å². The number of hydrogen-bond acceptors (Lipinski definition) is 3. The van der Waals surface area contributed by atoms with Crippen LogP contribution in [0.5, 0.6) is 0 Å². The predicted molar refractivity (Wildman–Crippen MR) is 98.4 cm³/mol. The molecule has 1 spiro atoms. The van der Waals surface area contributed by atoms with Gasteiger partial charge in [0.2, 0.25) is 0 Å². The number of carbonyl (C=O) groups is 2. The Hall–Kier alpha value is -1.06. The molecule has 0 saturated heterocycles. The van der Waals surface area contributed by atoms with Crippen LogP contribution in [0.4, 0.5) is 0 Å². The van der Waals surface area contributed by atoms with Crippen LogP contribution < -0.4 is 0 Å². The molecule has 146 valence electrons. The van der Waals surface area contributed by atoms with Gasteiger partial charge >= 0.3 is 11.9 Å². The van der Waals surface area contributed by atoms with Crippen molar-refractivity contribution in [1.82, 2.24) is 0 Å². The minimum Gasteiger partial charge on any atom is -0.481 e. The third-order valence-electron chi connectivity index (χ3n) is 9.26. The molecule has 4 heteroatoms. The Bertz CT molecular complexity index is 615. The molecule has 0 heterocycles. The van der Waals surface area contributed by atoms with Crippen LogP contribution in [-0.4, -0.2) is 23.7 Å². The van der Waals surface area contributed by atoms with Gasteiger partial charge < -0.3 is 9.84 Å². The zero-order valence-corrected chi connectivity index (χ0v) is 16.6. The smallest absolute Gasteiger partial charge is 0.309 e. The van der Waals surface area contributed by atoms with E-state index in [2.05, 4.69) is 6.92 Å². The molecule has 7 unspecified atom stereocenters. The summed E-state index contributed by atoms with van der Waals surface area (Å²) in [5.74, 6) is 1.41. The Kier molecular flexibility index (Phi) is 4.20. The first-order valence-electron chi connectivity index (χ1n) is 10.6. The quantitative estimate of drug-likeness (QED) is 0.742. The summed E-state index contributed by atoms with van der Waals surface area (Å²) in [6, 6.07) is 0. The number of esters is 1. The Morgan fingerprint density at radius 1 is 1.04 bits per heavy atom. The maximum atomic E-state index is 12.1. The van der Waals surface area contributed by atoms with Gasteiger partial charge in [-0.05, 0) is 92.8 Å². The molecule has 0 aromatic rings. The molecule has 1 N–H and O–H groups in total. The molecule has 2 bridgehead atoms. The summed E-state index contributed by atoms with van der Waals surface area (Å²) in [4.78, 5) is 23.4. The second kappa shape index (κ2) is 5.97. The molecule has 0 aliphatic heterocycles. The Labute approximate surface area is 157 Å². The van der Waals surface area contributed by atoms with E-state index in [9.17, 15) is 14.7 Å². The van der Waals surface area contributed by atoms with E-state index in [4.69, 9.17) is 4.74 Å². The topological polar surface area (TPSA) is 63.6 Å². The van der Waals surface area contributed by atoms with E-state index in [1.807, 2.05) is 6.92 Å². The third kappa shape index (κ3) is 2.46. The van der Waals surface area contributed by atoms with Crippen LogP contribution >= 0.6 is 0 Å². The number of rotatable bonds is 3. The minimum absolute atomic E-state index is 0.158. The van der Waals surface area contributed by atoms with Crippen molar-refractivity contribution in [1.29, 1.82) is 0 Å². The first-order valence-corrected chi connectivity index (χ1v) is 10.6. The molecule has 4 aliphatic rings. The molecule has 4 fully saturated rings. The number of carboxylic acid groups (broad SMARTS) is 1. The number of fused-ring (bicyclic) bond motifs is 3. The number of aliphatic carboxylic acids is 1. The SMILES string of the molecule is CC(=O)OCC1CC23CCC4C(C)(C(=O)O)CCCC4(C)C2CCC1C3. The lowest BCUT2D eigenvalue weighted by atomic mass is 9.41. The van der Waals surface area contributed by atoms with Crippen molar-refractivity contribution in [2.24, 2.45) is 39.9 Å². The van der Waals surface area contributed by atoms with Gasteiger partial charge in [-0.2, -0.15) is 0 Å². The van der Waals surface area contributed by atoms with Crippen molar-refractivity contribution in [2.75, 3.05) is 6.61 Å². The Morgan fingerprint density at radius 2 is 1.81 bits per heavy atom. The van der Waals surface area contributed by atoms with Crippen molar-refractivity contribution in [3.63, 3.8) is 0 Å². The molecule has 4 rings (SSSR count). The molecule has 4 nitrogen and oxygen atoms in total. The highest BCUT2D eigenvalue weighted by Crippen LogP contribution is 2.72. The lowest BCUT2D eigenvalue weighted by molar-refractivity contribution is -0.181. The molecule has 7 atom stereocenters. The van der Waals surface area contributed by atoms with Gasteiger partial charge in [0.15, 0.2) is 0 Å². The molecular weight excluding hydrogens is 328 g/mol. The van der Waals surface area contributed by atoms with Gasteiger partial charge in [-0.1, -0.05) is 13.3 Å². The molecule has 0 amide bonds. The first kappa shape index (κ1) is 18.3. The van der Waals surface area contributed by atoms with Crippen LogP contribution in [0, 0.1) is 39.9 Å². The highest BCUT2D eigenvalue weighted by molar-refractivity contribution is 5.75. The van der Waals surface area contributed by atoms with Crippen LogP contribution in [-0.2, 0) is 14.3 Å². The van der Waals surface area contributed by atoms with Crippen LogP contribution in [0.25, 0.3) is 0 Å². The second-order valence-corrected chi connectivity index (χ2v) is 10.4. The van der Waals surface area contributed by atoms with E-state index in [1.54, 1.807) is 0 Å². The minimum atomic E-state index is -0.586. The monoisotopic (exact) mass is 362 g/mol.